The van der Waals surface area contributed by atoms with Crippen LogP contribution in [0.3, 0.4) is 0 Å². The summed E-state index contributed by atoms with van der Waals surface area (Å²) in [6.45, 7) is 2.35. The normalized spacial score (nSPS) is 16.6. The zero-order valence-electron chi connectivity index (χ0n) is 14.4. The smallest absolute Gasteiger partial charge is 0.270 e. The molecule has 1 aliphatic carbocycles. The van der Waals surface area contributed by atoms with Crippen molar-refractivity contribution in [2.24, 2.45) is 13.0 Å². The zero-order valence-corrected chi connectivity index (χ0v) is 14.4. The van der Waals surface area contributed by atoms with Crippen molar-refractivity contribution in [3.63, 3.8) is 0 Å². The fourth-order valence-electron chi connectivity index (χ4n) is 3.26. The number of rotatable bonds is 5. The number of carbonyl (C=O) groups excluding carboxylic acids is 2. The molecule has 132 valence electrons. The van der Waals surface area contributed by atoms with Gasteiger partial charge in [-0.1, -0.05) is 0 Å². The van der Waals surface area contributed by atoms with E-state index in [1.807, 2.05) is 41.0 Å². The van der Waals surface area contributed by atoms with Gasteiger partial charge < -0.3 is 19.4 Å². The first-order chi connectivity index (χ1) is 12.1. The van der Waals surface area contributed by atoms with Crippen LogP contribution in [-0.2, 0) is 31.5 Å². The molecule has 25 heavy (non-hydrogen) atoms. The van der Waals surface area contributed by atoms with Crippen LogP contribution in [0.4, 0.5) is 0 Å². The minimum Gasteiger partial charge on any atom is -0.350 e. The molecule has 2 amide bonds. The van der Waals surface area contributed by atoms with Gasteiger partial charge >= 0.3 is 0 Å². The predicted molar refractivity (Wildman–Crippen MR) is 91.6 cm³/mol. The van der Waals surface area contributed by atoms with Crippen LogP contribution < -0.4 is 5.32 Å². The molecule has 7 nitrogen and oxygen atoms in total. The van der Waals surface area contributed by atoms with Gasteiger partial charge in [0, 0.05) is 39.0 Å². The second-order valence-electron chi connectivity index (χ2n) is 7.00. The summed E-state index contributed by atoms with van der Waals surface area (Å²) in [5.74, 6) is 1.60. The lowest BCUT2D eigenvalue weighted by atomic mass is 10.3. The molecular formula is C18H23N5O2. The summed E-state index contributed by atoms with van der Waals surface area (Å²) in [6, 6.07) is 3.71. The number of hydrogen-bond acceptors (Lipinski definition) is 3. The first-order valence-corrected chi connectivity index (χ1v) is 8.82. The first kappa shape index (κ1) is 15.9. The maximum atomic E-state index is 12.6. The van der Waals surface area contributed by atoms with E-state index in [9.17, 15) is 9.59 Å². The number of hydrogen-bond donors (Lipinski definition) is 1. The number of carbonyl (C=O) groups is 2. The van der Waals surface area contributed by atoms with Gasteiger partial charge in [0.15, 0.2) is 0 Å². The van der Waals surface area contributed by atoms with Gasteiger partial charge in [0.1, 0.15) is 11.5 Å². The van der Waals surface area contributed by atoms with E-state index in [1.54, 1.807) is 0 Å². The monoisotopic (exact) mass is 341 g/mol. The molecule has 0 saturated heterocycles. The van der Waals surface area contributed by atoms with Crippen molar-refractivity contribution in [2.45, 2.75) is 38.9 Å². The summed E-state index contributed by atoms with van der Waals surface area (Å²) in [7, 11) is 1.88. The maximum Gasteiger partial charge on any atom is 0.270 e. The third kappa shape index (κ3) is 3.45. The van der Waals surface area contributed by atoms with Gasteiger partial charge in [-0.05, 0) is 30.9 Å². The Labute approximate surface area is 146 Å². The Bertz CT molecular complexity index is 802. The van der Waals surface area contributed by atoms with Crippen LogP contribution >= 0.6 is 0 Å². The van der Waals surface area contributed by atoms with E-state index < -0.39 is 0 Å². The van der Waals surface area contributed by atoms with Crippen LogP contribution in [0.2, 0.25) is 0 Å². The van der Waals surface area contributed by atoms with E-state index >= 15 is 0 Å². The Kier molecular flexibility index (Phi) is 4.07. The van der Waals surface area contributed by atoms with E-state index in [1.165, 1.54) is 12.8 Å². The van der Waals surface area contributed by atoms with Crippen LogP contribution in [-0.4, -0.2) is 37.4 Å². The van der Waals surface area contributed by atoms with Crippen molar-refractivity contribution < 1.29 is 9.59 Å². The molecule has 0 atom stereocenters. The number of nitrogens with zero attached hydrogens (tertiary/aromatic N) is 4. The highest BCUT2D eigenvalue weighted by molar-refractivity contribution is 5.92. The molecule has 0 spiro atoms. The van der Waals surface area contributed by atoms with Crippen molar-refractivity contribution >= 4 is 11.8 Å². The van der Waals surface area contributed by atoms with E-state index in [0.717, 1.165) is 18.1 Å². The molecule has 0 bridgehead atoms. The molecule has 1 fully saturated rings. The lowest BCUT2D eigenvalue weighted by Crippen LogP contribution is -2.38. The quantitative estimate of drug-likeness (QED) is 0.891. The number of imidazole rings is 1. The van der Waals surface area contributed by atoms with E-state index in [-0.39, 0.29) is 11.8 Å². The van der Waals surface area contributed by atoms with Crippen molar-refractivity contribution in [3.05, 3.63) is 41.7 Å². The van der Waals surface area contributed by atoms with Crippen molar-refractivity contribution in [3.8, 4) is 0 Å². The summed E-state index contributed by atoms with van der Waals surface area (Å²) >= 11 is 0. The third-order valence-corrected chi connectivity index (χ3v) is 4.94. The molecular weight excluding hydrogens is 318 g/mol. The van der Waals surface area contributed by atoms with Gasteiger partial charge in [-0.2, -0.15) is 0 Å². The standard InChI is InChI=1S/C18H23N5O2/c1-21-6-2-3-15(21)18(25)23-8-7-22-11-14(20-16(22)12-23)10-19-17(24)9-13-4-5-13/h2-3,6,11,13H,4-5,7-10,12H2,1H3,(H,19,24). The molecule has 1 aliphatic heterocycles. The minimum atomic E-state index is 0.0287. The van der Waals surface area contributed by atoms with Crippen molar-refractivity contribution in [1.82, 2.24) is 24.3 Å². The molecule has 4 rings (SSSR count). The highest BCUT2D eigenvalue weighted by Crippen LogP contribution is 2.32. The topological polar surface area (TPSA) is 72.2 Å². The molecule has 0 radical (unpaired) electrons. The first-order valence-electron chi connectivity index (χ1n) is 8.82. The van der Waals surface area contributed by atoms with Crippen LogP contribution in [0.25, 0.3) is 0 Å². The summed E-state index contributed by atoms with van der Waals surface area (Å²) in [5, 5.41) is 2.94. The maximum absolute atomic E-state index is 12.6. The molecule has 1 saturated carbocycles. The Morgan fingerprint density at radius 2 is 2.16 bits per heavy atom. The number of nitrogens with one attached hydrogen (secondary N) is 1. The molecule has 2 aliphatic rings. The molecule has 7 heteroatoms. The number of amides is 2. The largest absolute Gasteiger partial charge is 0.350 e. The van der Waals surface area contributed by atoms with Gasteiger partial charge in [-0.3, -0.25) is 9.59 Å². The zero-order chi connectivity index (χ0) is 17.4. The van der Waals surface area contributed by atoms with Crippen molar-refractivity contribution in [1.29, 1.82) is 0 Å². The van der Waals surface area contributed by atoms with Crippen LogP contribution in [0.5, 0.6) is 0 Å². The van der Waals surface area contributed by atoms with E-state index in [0.29, 0.717) is 37.7 Å². The molecule has 0 aromatic carbocycles. The second-order valence-corrected chi connectivity index (χ2v) is 7.00. The van der Waals surface area contributed by atoms with Gasteiger partial charge in [0.2, 0.25) is 5.91 Å². The average molecular weight is 341 g/mol. The van der Waals surface area contributed by atoms with Crippen LogP contribution in [0.15, 0.2) is 24.5 Å². The summed E-state index contributed by atoms with van der Waals surface area (Å²) in [5.41, 5.74) is 1.54. The highest BCUT2D eigenvalue weighted by Gasteiger charge is 2.26. The van der Waals surface area contributed by atoms with Gasteiger partial charge in [0.25, 0.3) is 5.91 Å². The van der Waals surface area contributed by atoms with E-state index in [2.05, 4.69) is 14.9 Å². The number of aromatic nitrogens is 3. The summed E-state index contributed by atoms with van der Waals surface area (Å²) in [4.78, 5) is 30.9. The highest BCUT2D eigenvalue weighted by atomic mass is 16.2. The summed E-state index contributed by atoms with van der Waals surface area (Å²) in [6.07, 6.45) is 6.85. The average Bonchev–Trinajstić information content (AvgIpc) is 3.15. The van der Waals surface area contributed by atoms with E-state index in [4.69, 9.17) is 0 Å². The Balaban J connectivity index is 1.38. The Morgan fingerprint density at radius 3 is 2.88 bits per heavy atom. The fraction of sp³-hybridized carbons (Fsp3) is 0.500. The Hall–Kier alpha value is -2.57. The molecule has 0 unspecified atom stereocenters. The van der Waals surface area contributed by atoms with Gasteiger partial charge in [0.05, 0.1) is 18.8 Å². The third-order valence-electron chi connectivity index (χ3n) is 4.94. The summed E-state index contributed by atoms with van der Waals surface area (Å²) < 4.78 is 3.92. The second kappa shape index (κ2) is 6.38. The molecule has 2 aromatic rings. The van der Waals surface area contributed by atoms with Crippen LogP contribution in [0, 0.1) is 5.92 Å². The lowest BCUT2D eigenvalue weighted by Gasteiger charge is -2.27. The number of aryl methyl sites for hydroxylation is 1. The molecule has 2 aromatic heterocycles. The SMILES string of the molecule is Cn1cccc1C(=O)N1CCn2cc(CNC(=O)CC3CC3)nc2C1. The minimum absolute atomic E-state index is 0.0287. The molecule has 3 heterocycles. The molecule has 1 N–H and O–H groups in total. The van der Waals surface area contributed by atoms with Gasteiger partial charge in [-0.25, -0.2) is 4.98 Å². The lowest BCUT2D eigenvalue weighted by molar-refractivity contribution is -0.121. The Morgan fingerprint density at radius 1 is 1.32 bits per heavy atom. The fourth-order valence-corrected chi connectivity index (χ4v) is 3.26. The predicted octanol–water partition coefficient (Wildman–Crippen LogP) is 1.29. The van der Waals surface area contributed by atoms with Crippen LogP contribution in [0.1, 0.15) is 41.3 Å². The number of fused-ring (bicyclic) bond motifs is 1. The van der Waals surface area contributed by atoms with Gasteiger partial charge in [-0.15, -0.1) is 0 Å². The van der Waals surface area contributed by atoms with Crippen molar-refractivity contribution in [2.75, 3.05) is 6.54 Å².